The molecule has 134 valence electrons. The average molecular weight is 419 g/mol. The zero-order chi connectivity index (χ0) is 18.8. The van der Waals surface area contributed by atoms with Gasteiger partial charge in [0.15, 0.2) is 0 Å². The van der Waals surface area contributed by atoms with Crippen LogP contribution in [0.3, 0.4) is 0 Å². The molecule has 0 atom stereocenters. The number of para-hydroxylation sites is 1. The Labute approximate surface area is 166 Å². The molecule has 0 bridgehead atoms. The summed E-state index contributed by atoms with van der Waals surface area (Å²) in [4.78, 5) is 4.57. The second kappa shape index (κ2) is 7.37. The molecule has 0 amide bonds. The van der Waals surface area contributed by atoms with Gasteiger partial charge >= 0.3 is 0 Å². The van der Waals surface area contributed by atoms with Crippen LogP contribution in [0.5, 0.6) is 0 Å². The van der Waals surface area contributed by atoms with Crippen molar-refractivity contribution >= 4 is 38.9 Å². The van der Waals surface area contributed by atoms with Gasteiger partial charge in [0.25, 0.3) is 0 Å². The average Bonchev–Trinajstić information content (AvgIpc) is 2.96. The summed E-state index contributed by atoms with van der Waals surface area (Å²) in [7, 11) is 0. The summed E-state index contributed by atoms with van der Waals surface area (Å²) in [5.41, 5.74) is 8.50. The van der Waals surface area contributed by atoms with Crippen LogP contribution in [0.1, 0.15) is 17.0 Å². The van der Waals surface area contributed by atoms with Crippen molar-refractivity contribution in [3.8, 4) is 5.69 Å². The third-order valence-electron chi connectivity index (χ3n) is 4.54. The molecule has 0 unspecified atom stereocenters. The quantitative estimate of drug-likeness (QED) is 0.333. The topological polar surface area (TPSA) is 42.2 Å². The van der Waals surface area contributed by atoms with Gasteiger partial charge in [0.1, 0.15) is 5.82 Å². The fourth-order valence-electron chi connectivity index (χ4n) is 3.20. The van der Waals surface area contributed by atoms with Crippen LogP contribution < -0.4 is 5.43 Å². The molecule has 27 heavy (non-hydrogen) atoms. The van der Waals surface area contributed by atoms with E-state index in [1.807, 2.05) is 42.6 Å². The number of hydrogen-bond donors (Lipinski definition) is 1. The first-order valence-electron chi connectivity index (χ1n) is 8.71. The largest absolute Gasteiger partial charge is 0.318 e. The minimum atomic E-state index is 0.728. The number of aryl methyl sites for hydroxylation is 1. The van der Waals surface area contributed by atoms with Crippen LogP contribution in [0.4, 0.5) is 5.82 Å². The maximum absolute atomic E-state index is 4.57. The lowest BCUT2D eigenvalue weighted by Gasteiger charge is -2.09. The monoisotopic (exact) mass is 418 g/mol. The first-order chi connectivity index (χ1) is 13.1. The number of halogens is 1. The summed E-state index contributed by atoms with van der Waals surface area (Å²) >= 11 is 3.49. The van der Waals surface area contributed by atoms with Gasteiger partial charge in [-0.1, -0.05) is 34.1 Å². The van der Waals surface area contributed by atoms with E-state index in [2.05, 4.69) is 80.2 Å². The summed E-state index contributed by atoms with van der Waals surface area (Å²) in [5.74, 6) is 0.728. The molecular formula is C22H19BrN4. The first kappa shape index (κ1) is 17.5. The second-order valence-electron chi connectivity index (χ2n) is 6.40. The van der Waals surface area contributed by atoms with E-state index >= 15 is 0 Å². The van der Waals surface area contributed by atoms with Crippen molar-refractivity contribution in [3.63, 3.8) is 0 Å². The van der Waals surface area contributed by atoms with Gasteiger partial charge < -0.3 is 4.57 Å². The Morgan fingerprint density at radius 3 is 2.59 bits per heavy atom. The van der Waals surface area contributed by atoms with Crippen LogP contribution in [0.2, 0.25) is 0 Å². The molecule has 4 rings (SSSR count). The summed E-state index contributed by atoms with van der Waals surface area (Å²) in [6.45, 7) is 4.20. The fourth-order valence-corrected chi connectivity index (χ4v) is 3.47. The van der Waals surface area contributed by atoms with Crippen LogP contribution in [0.25, 0.3) is 16.6 Å². The molecule has 0 aliphatic carbocycles. The number of pyridine rings is 1. The molecule has 0 aliphatic rings. The molecule has 0 saturated carbocycles. The van der Waals surface area contributed by atoms with Crippen LogP contribution in [0, 0.1) is 13.8 Å². The van der Waals surface area contributed by atoms with E-state index in [-0.39, 0.29) is 0 Å². The highest BCUT2D eigenvalue weighted by Gasteiger charge is 2.09. The normalized spacial score (nSPS) is 11.4. The molecule has 0 aliphatic heterocycles. The lowest BCUT2D eigenvalue weighted by molar-refractivity contribution is 0.964. The van der Waals surface area contributed by atoms with Crippen molar-refractivity contribution in [2.45, 2.75) is 13.8 Å². The number of aromatic nitrogens is 2. The Bertz CT molecular complexity index is 1130. The summed E-state index contributed by atoms with van der Waals surface area (Å²) in [5, 5.41) is 5.50. The molecule has 0 radical (unpaired) electrons. The first-order valence-corrected chi connectivity index (χ1v) is 9.51. The number of anilines is 1. The zero-order valence-electron chi connectivity index (χ0n) is 15.1. The number of benzene rings is 2. The Morgan fingerprint density at radius 2 is 1.78 bits per heavy atom. The summed E-state index contributed by atoms with van der Waals surface area (Å²) < 4.78 is 3.30. The van der Waals surface area contributed by atoms with E-state index in [4.69, 9.17) is 0 Å². The standard InChI is InChI=1S/C22H19BrN4/c1-15-13-18(16(2)27(15)20-10-8-19(23)9-11-20)14-24-26-22-12-7-17-5-3-4-6-21(17)25-22/h3-14H,1-2H3,(H,25,26)/b24-14-. The summed E-state index contributed by atoms with van der Waals surface area (Å²) in [6, 6.07) is 22.5. The highest BCUT2D eigenvalue weighted by atomic mass is 79.9. The van der Waals surface area contributed by atoms with Crippen molar-refractivity contribution in [1.29, 1.82) is 0 Å². The van der Waals surface area contributed by atoms with Gasteiger partial charge in [-0.15, -0.1) is 0 Å². The number of hydrazone groups is 1. The van der Waals surface area contributed by atoms with Gasteiger partial charge in [-0.25, -0.2) is 4.98 Å². The third-order valence-corrected chi connectivity index (χ3v) is 5.06. The van der Waals surface area contributed by atoms with Gasteiger partial charge in [0, 0.05) is 32.5 Å². The number of rotatable bonds is 4. The Balaban J connectivity index is 1.57. The molecule has 4 nitrogen and oxygen atoms in total. The van der Waals surface area contributed by atoms with E-state index in [1.54, 1.807) is 0 Å². The predicted molar refractivity (Wildman–Crippen MR) is 116 cm³/mol. The Hall–Kier alpha value is -2.92. The minimum absolute atomic E-state index is 0.728. The number of nitrogens with one attached hydrogen (secondary N) is 1. The van der Waals surface area contributed by atoms with E-state index in [0.717, 1.165) is 38.1 Å². The molecule has 1 N–H and O–H groups in total. The third kappa shape index (κ3) is 3.64. The van der Waals surface area contributed by atoms with Gasteiger partial charge in [-0.05, 0) is 62.4 Å². The van der Waals surface area contributed by atoms with E-state index < -0.39 is 0 Å². The van der Waals surface area contributed by atoms with Gasteiger partial charge in [0.2, 0.25) is 0 Å². The number of nitrogens with zero attached hydrogens (tertiary/aromatic N) is 3. The maximum atomic E-state index is 4.57. The molecule has 5 heteroatoms. The maximum Gasteiger partial charge on any atom is 0.146 e. The van der Waals surface area contributed by atoms with Gasteiger partial charge in [0.05, 0.1) is 11.7 Å². The molecule has 4 aromatic rings. The fraction of sp³-hybridized carbons (Fsp3) is 0.0909. The van der Waals surface area contributed by atoms with Crippen molar-refractivity contribution in [2.24, 2.45) is 5.10 Å². The highest BCUT2D eigenvalue weighted by molar-refractivity contribution is 9.10. The van der Waals surface area contributed by atoms with Gasteiger partial charge in [-0.3, -0.25) is 5.43 Å². The number of hydrogen-bond acceptors (Lipinski definition) is 3. The van der Waals surface area contributed by atoms with Crippen LogP contribution in [0.15, 0.2) is 76.3 Å². The number of fused-ring (bicyclic) bond motifs is 1. The van der Waals surface area contributed by atoms with Crippen LogP contribution >= 0.6 is 15.9 Å². The second-order valence-corrected chi connectivity index (χ2v) is 7.31. The lowest BCUT2D eigenvalue weighted by atomic mass is 10.2. The van der Waals surface area contributed by atoms with Crippen molar-refractivity contribution in [1.82, 2.24) is 9.55 Å². The summed E-state index contributed by atoms with van der Waals surface area (Å²) in [6.07, 6.45) is 1.84. The SMILES string of the molecule is Cc1cc(/C=N\Nc2ccc3ccccc3n2)c(C)n1-c1ccc(Br)cc1. The minimum Gasteiger partial charge on any atom is -0.318 e. The molecule has 2 aromatic carbocycles. The molecule has 0 spiro atoms. The van der Waals surface area contributed by atoms with Crippen molar-refractivity contribution in [3.05, 3.63) is 88.2 Å². The zero-order valence-corrected chi connectivity index (χ0v) is 16.7. The molecule has 2 aromatic heterocycles. The molecule has 2 heterocycles. The van der Waals surface area contributed by atoms with E-state index in [1.165, 1.54) is 5.69 Å². The smallest absolute Gasteiger partial charge is 0.146 e. The molecule has 0 saturated heterocycles. The molecular weight excluding hydrogens is 400 g/mol. The van der Waals surface area contributed by atoms with Crippen molar-refractivity contribution in [2.75, 3.05) is 5.43 Å². The highest BCUT2D eigenvalue weighted by Crippen LogP contribution is 2.21. The van der Waals surface area contributed by atoms with E-state index in [9.17, 15) is 0 Å². The van der Waals surface area contributed by atoms with Crippen LogP contribution in [-0.4, -0.2) is 15.8 Å². The Morgan fingerprint density at radius 1 is 1.00 bits per heavy atom. The van der Waals surface area contributed by atoms with E-state index in [0.29, 0.717) is 0 Å². The molecule has 0 fully saturated rings. The predicted octanol–water partition coefficient (Wildman–Crippen LogP) is 5.85. The van der Waals surface area contributed by atoms with Gasteiger partial charge in [-0.2, -0.15) is 5.10 Å². The lowest BCUT2D eigenvalue weighted by Crippen LogP contribution is -1.99. The van der Waals surface area contributed by atoms with Crippen LogP contribution in [-0.2, 0) is 0 Å². The Kier molecular flexibility index (Phi) is 4.77. The van der Waals surface area contributed by atoms with Crippen molar-refractivity contribution < 1.29 is 0 Å².